The van der Waals surface area contributed by atoms with Crippen molar-refractivity contribution in [3.63, 3.8) is 0 Å². The van der Waals surface area contributed by atoms with Crippen LogP contribution in [0.5, 0.6) is 0 Å². The van der Waals surface area contributed by atoms with E-state index in [4.69, 9.17) is 20.8 Å². The molecular weight excluding hydrogens is 332 g/mol. The lowest BCUT2D eigenvalue weighted by Gasteiger charge is -2.35. The van der Waals surface area contributed by atoms with Crippen molar-refractivity contribution < 1.29 is 18.7 Å². The van der Waals surface area contributed by atoms with E-state index in [1.807, 2.05) is 0 Å². The molecule has 0 radical (unpaired) electrons. The third kappa shape index (κ3) is 2.76. The third-order valence-corrected chi connectivity index (χ3v) is 4.84. The minimum atomic E-state index is -0.260. The topological polar surface area (TPSA) is 71.8 Å². The number of amides is 2. The predicted octanol–water partition coefficient (Wildman–Crippen LogP) is 2.06. The van der Waals surface area contributed by atoms with Gasteiger partial charge in [-0.1, -0.05) is 11.6 Å². The van der Waals surface area contributed by atoms with E-state index >= 15 is 0 Å². The summed E-state index contributed by atoms with van der Waals surface area (Å²) in [4.78, 5) is 26.5. The molecule has 126 valence electrons. The number of likely N-dealkylation sites (tertiary alicyclic amines) is 1. The number of halogens is 1. The minimum absolute atomic E-state index is 0.0166. The fraction of sp³-hybridized carbons (Fsp3) is 0.412. The van der Waals surface area contributed by atoms with Gasteiger partial charge in [-0.05, 0) is 30.7 Å². The summed E-state index contributed by atoms with van der Waals surface area (Å²) in [6.45, 7) is 1.89. The van der Waals surface area contributed by atoms with Crippen LogP contribution < -0.4 is 5.32 Å². The van der Waals surface area contributed by atoms with Gasteiger partial charge in [0.05, 0.1) is 18.6 Å². The highest BCUT2D eigenvalue weighted by Crippen LogP contribution is 2.27. The Kier molecular flexibility index (Phi) is 3.94. The number of hydrogen-bond donors (Lipinski definition) is 1. The number of nitrogens with one attached hydrogen (secondary N) is 1. The molecule has 24 heavy (non-hydrogen) atoms. The van der Waals surface area contributed by atoms with Gasteiger partial charge in [-0.2, -0.15) is 0 Å². The Balaban J connectivity index is 1.54. The summed E-state index contributed by atoms with van der Waals surface area (Å²) in [7, 11) is 0. The Hall–Kier alpha value is -2.05. The summed E-state index contributed by atoms with van der Waals surface area (Å²) in [5.74, 6) is -0.0770. The van der Waals surface area contributed by atoms with Crippen molar-refractivity contribution in [2.75, 3.05) is 26.2 Å². The number of fused-ring (bicyclic) bond motifs is 2. The molecule has 2 amide bonds. The van der Waals surface area contributed by atoms with Gasteiger partial charge < -0.3 is 19.4 Å². The average molecular weight is 349 g/mol. The fourth-order valence-corrected chi connectivity index (χ4v) is 3.54. The number of benzene rings is 1. The molecule has 1 aromatic carbocycles. The lowest BCUT2D eigenvalue weighted by atomic mass is 9.93. The molecule has 6 nitrogen and oxygen atoms in total. The monoisotopic (exact) mass is 348 g/mol. The highest BCUT2D eigenvalue weighted by molar-refractivity contribution is 6.31. The number of furan rings is 1. The summed E-state index contributed by atoms with van der Waals surface area (Å²) in [5.41, 5.74) is 0.628. The van der Waals surface area contributed by atoms with E-state index in [2.05, 4.69) is 5.32 Å². The number of hydrogen-bond acceptors (Lipinski definition) is 4. The van der Waals surface area contributed by atoms with Gasteiger partial charge in [-0.15, -0.1) is 0 Å². The first-order valence-electron chi connectivity index (χ1n) is 7.99. The van der Waals surface area contributed by atoms with Crippen molar-refractivity contribution in [2.45, 2.75) is 12.5 Å². The van der Waals surface area contributed by atoms with Gasteiger partial charge >= 0.3 is 0 Å². The number of carbonyl (C=O) groups excluding carboxylic acids is 2. The van der Waals surface area contributed by atoms with Crippen molar-refractivity contribution in [1.29, 1.82) is 0 Å². The van der Waals surface area contributed by atoms with E-state index in [9.17, 15) is 9.59 Å². The van der Waals surface area contributed by atoms with Gasteiger partial charge in [-0.3, -0.25) is 9.59 Å². The molecule has 0 spiro atoms. The Bertz CT molecular complexity index is 803. The molecule has 3 heterocycles. The SMILES string of the molecule is O=C1NCCO[C@H]2CN(C(=O)c3cc4cc(Cl)ccc4o3)CC[C@@H]12. The zero-order valence-electron chi connectivity index (χ0n) is 13.0. The number of ether oxygens (including phenoxy) is 1. The molecule has 4 rings (SSSR count). The first-order valence-corrected chi connectivity index (χ1v) is 8.37. The quantitative estimate of drug-likeness (QED) is 0.856. The van der Waals surface area contributed by atoms with Crippen molar-refractivity contribution in [3.05, 3.63) is 35.0 Å². The second kappa shape index (κ2) is 6.11. The Morgan fingerprint density at radius 3 is 3.08 bits per heavy atom. The zero-order valence-corrected chi connectivity index (χ0v) is 13.7. The molecule has 0 aliphatic carbocycles. The van der Waals surface area contributed by atoms with Crippen LogP contribution in [-0.2, 0) is 9.53 Å². The van der Waals surface area contributed by atoms with Gasteiger partial charge in [0.25, 0.3) is 5.91 Å². The predicted molar refractivity (Wildman–Crippen MR) is 88.0 cm³/mol. The maximum atomic E-state index is 12.7. The largest absolute Gasteiger partial charge is 0.451 e. The number of nitrogens with zero attached hydrogens (tertiary/aromatic N) is 1. The Morgan fingerprint density at radius 1 is 1.33 bits per heavy atom. The van der Waals surface area contributed by atoms with Crippen LogP contribution in [0.15, 0.2) is 28.7 Å². The summed E-state index contributed by atoms with van der Waals surface area (Å²) in [5, 5.41) is 4.24. The zero-order chi connectivity index (χ0) is 16.7. The van der Waals surface area contributed by atoms with E-state index in [0.29, 0.717) is 43.3 Å². The first kappa shape index (κ1) is 15.5. The van der Waals surface area contributed by atoms with Crippen LogP contribution in [0.3, 0.4) is 0 Å². The smallest absolute Gasteiger partial charge is 0.289 e. The van der Waals surface area contributed by atoms with Crippen LogP contribution in [0.1, 0.15) is 17.0 Å². The number of rotatable bonds is 1. The average Bonchev–Trinajstić information content (AvgIpc) is 2.91. The van der Waals surface area contributed by atoms with Crippen molar-refractivity contribution in [1.82, 2.24) is 10.2 Å². The highest BCUT2D eigenvalue weighted by Gasteiger charge is 2.38. The normalized spacial score (nSPS) is 24.4. The lowest BCUT2D eigenvalue weighted by molar-refractivity contribution is -0.129. The molecule has 1 N–H and O–H groups in total. The fourth-order valence-electron chi connectivity index (χ4n) is 3.36. The van der Waals surface area contributed by atoms with Crippen LogP contribution >= 0.6 is 11.6 Å². The summed E-state index contributed by atoms with van der Waals surface area (Å²) in [6.07, 6.45) is 0.331. The number of carbonyl (C=O) groups is 2. The molecule has 2 aromatic rings. The molecule has 2 saturated heterocycles. The van der Waals surface area contributed by atoms with Crippen LogP contribution in [-0.4, -0.2) is 49.1 Å². The molecular formula is C17H17ClN2O4. The lowest BCUT2D eigenvalue weighted by Crippen LogP contribution is -2.50. The van der Waals surface area contributed by atoms with Crippen LogP contribution in [0, 0.1) is 5.92 Å². The Morgan fingerprint density at radius 2 is 2.21 bits per heavy atom. The summed E-state index contributed by atoms with van der Waals surface area (Å²) >= 11 is 5.97. The molecule has 0 unspecified atom stereocenters. The maximum absolute atomic E-state index is 12.7. The van der Waals surface area contributed by atoms with Crippen LogP contribution in [0.4, 0.5) is 0 Å². The van der Waals surface area contributed by atoms with E-state index in [1.165, 1.54) is 0 Å². The van der Waals surface area contributed by atoms with E-state index in [1.54, 1.807) is 29.2 Å². The molecule has 0 bridgehead atoms. The third-order valence-electron chi connectivity index (χ3n) is 4.61. The van der Waals surface area contributed by atoms with Crippen LogP contribution in [0.25, 0.3) is 11.0 Å². The van der Waals surface area contributed by atoms with Crippen molar-refractivity contribution in [2.24, 2.45) is 5.92 Å². The Labute approximate surface area is 143 Å². The van der Waals surface area contributed by atoms with Gasteiger partial charge in [0.2, 0.25) is 5.91 Å². The molecule has 2 aliphatic rings. The molecule has 2 fully saturated rings. The second-order valence-electron chi connectivity index (χ2n) is 6.14. The molecule has 2 aliphatic heterocycles. The maximum Gasteiger partial charge on any atom is 0.289 e. The van der Waals surface area contributed by atoms with Crippen molar-refractivity contribution in [3.8, 4) is 0 Å². The molecule has 7 heteroatoms. The van der Waals surface area contributed by atoms with E-state index in [0.717, 1.165) is 5.39 Å². The minimum Gasteiger partial charge on any atom is -0.451 e. The molecule has 1 aromatic heterocycles. The first-order chi connectivity index (χ1) is 11.6. The van der Waals surface area contributed by atoms with Gasteiger partial charge in [-0.25, -0.2) is 0 Å². The van der Waals surface area contributed by atoms with E-state index < -0.39 is 0 Å². The molecule has 0 saturated carbocycles. The van der Waals surface area contributed by atoms with Gasteiger partial charge in [0.1, 0.15) is 5.58 Å². The molecule has 2 atom stereocenters. The summed E-state index contributed by atoms with van der Waals surface area (Å²) < 4.78 is 11.4. The highest BCUT2D eigenvalue weighted by atomic mass is 35.5. The standard InChI is InChI=1S/C17H17ClN2O4/c18-11-1-2-13-10(7-11)8-14(24-13)17(22)20-5-3-12-15(9-20)23-6-4-19-16(12)21/h1-2,7-8,12,15H,3-6,9H2,(H,19,21)/t12-,15+/m1/s1. The van der Waals surface area contributed by atoms with Gasteiger partial charge in [0.15, 0.2) is 5.76 Å². The van der Waals surface area contributed by atoms with Crippen molar-refractivity contribution >= 4 is 34.4 Å². The summed E-state index contributed by atoms with van der Waals surface area (Å²) in [6, 6.07) is 6.95. The number of piperidine rings is 1. The van der Waals surface area contributed by atoms with Gasteiger partial charge in [0, 0.05) is 30.0 Å². The van der Waals surface area contributed by atoms with E-state index in [-0.39, 0.29) is 29.6 Å². The van der Waals surface area contributed by atoms with Crippen LogP contribution in [0.2, 0.25) is 5.02 Å². The second-order valence-corrected chi connectivity index (χ2v) is 6.58.